The second kappa shape index (κ2) is 9.09. The molecule has 8 heteroatoms. The number of aryl methyl sites for hydroxylation is 1. The Morgan fingerprint density at radius 3 is 2.48 bits per heavy atom. The van der Waals surface area contributed by atoms with Crippen LogP contribution in [-0.2, 0) is 6.42 Å². The number of benzene rings is 2. The topological polar surface area (TPSA) is 87.9 Å². The number of fused-ring (bicyclic) bond motifs is 1. The van der Waals surface area contributed by atoms with Gasteiger partial charge < -0.3 is 15.7 Å². The average molecular weight is 420 g/mol. The summed E-state index contributed by atoms with van der Waals surface area (Å²) in [6.07, 6.45) is 3.25. The summed E-state index contributed by atoms with van der Waals surface area (Å²) >= 11 is 0. The third kappa shape index (κ3) is 4.34. The number of aromatic nitrogens is 4. The molecule has 0 spiro atoms. The predicted molar refractivity (Wildman–Crippen MR) is 121 cm³/mol. The van der Waals surface area contributed by atoms with Crippen LogP contribution in [0.4, 0.5) is 27.7 Å². The van der Waals surface area contributed by atoms with Crippen LogP contribution in [0.5, 0.6) is 0 Å². The van der Waals surface area contributed by atoms with Crippen molar-refractivity contribution < 1.29 is 9.50 Å². The third-order valence-electron chi connectivity index (χ3n) is 5.22. The summed E-state index contributed by atoms with van der Waals surface area (Å²) in [6, 6.07) is 14.2. The maximum atomic E-state index is 14.2. The van der Waals surface area contributed by atoms with Crippen molar-refractivity contribution in [3.63, 3.8) is 0 Å². The first-order valence-corrected chi connectivity index (χ1v) is 10.4. The number of aliphatic hydroxyl groups excluding tert-OH is 1. The standard InChI is InChI=1S/C23H25FN6O/c1-3-15-9-11-16(12-10-15)26-22-25-13-20-21(29-22)30(17(4-2)14-31)23(28-20)27-19-8-6-5-7-18(19)24/h5-13,17,31H,3-4,14H2,1-2H3,(H,27,28)(H,25,26,29). The fourth-order valence-electron chi connectivity index (χ4n) is 3.41. The van der Waals surface area contributed by atoms with Crippen molar-refractivity contribution in [3.05, 3.63) is 66.1 Å². The van der Waals surface area contributed by atoms with E-state index in [9.17, 15) is 9.50 Å². The van der Waals surface area contributed by atoms with Crippen LogP contribution >= 0.6 is 0 Å². The van der Waals surface area contributed by atoms with E-state index in [0.29, 0.717) is 35.2 Å². The zero-order valence-electron chi connectivity index (χ0n) is 17.5. The number of nitrogens with zero attached hydrogens (tertiary/aromatic N) is 4. The van der Waals surface area contributed by atoms with Crippen molar-refractivity contribution >= 4 is 34.4 Å². The van der Waals surface area contributed by atoms with Crippen LogP contribution in [0.2, 0.25) is 0 Å². The van der Waals surface area contributed by atoms with Crippen molar-refractivity contribution in [3.8, 4) is 0 Å². The van der Waals surface area contributed by atoms with Gasteiger partial charge in [-0.25, -0.2) is 14.4 Å². The predicted octanol–water partition coefficient (Wildman–Crippen LogP) is 4.96. The molecule has 2 aromatic heterocycles. The number of imidazole rings is 1. The maximum absolute atomic E-state index is 14.2. The summed E-state index contributed by atoms with van der Waals surface area (Å²) in [7, 11) is 0. The Bertz CT molecular complexity index is 1170. The normalized spacial score (nSPS) is 12.1. The molecule has 1 unspecified atom stereocenters. The van der Waals surface area contributed by atoms with E-state index in [1.165, 1.54) is 11.6 Å². The van der Waals surface area contributed by atoms with Crippen LogP contribution in [-0.4, -0.2) is 31.2 Å². The molecule has 4 aromatic rings. The molecule has 1 atom stereocenters. The van der Waals surface area contributed by atoms with Crippen LogP contribution in [0.25, 0.3) is 11.2 Å². The Morgan fingerprint density at radius 2 is 1.81 bits per heavy atom. The van der Waals surface area contributed by atoms with E-state index in [1.54, 1.807) is 29.0 Å². The zero-order chi connectivity index (χ0) is 21.8. The van der Waals surface area contributed by atoms with Crippen molar-refractivity contribution in [2.45, 2.75) is 32.7 Å². The van der Waals surface area contributed by atoms with Crippen LogP contribution in [0.3, 0.4) is 0 Å². The van der Waals surface area contributed by atoms with Crippen LogP contribution in [0, 0.1) is 5.82 Å². The van der Waals surface area contributed by atoms with Gasteiger partial charge in [-0.05, 0) is 42.7 Å². The summed E-state index contributed by atoms with van der Waals surface area (Å²) in [6.45, 7) is 3.98. The molecule has 4 rings (SSSR count). The van der Waals surface area contributed by atoms with Crippen LogP contribution < -0.4 is 10.6 Å². The van der Waals surface area contributed by atoms with Gasteiger partial charge in [0.1, 0.15) is 11.3 Å². The minimum Gasteiger partial charge on any atom is -0.394 e. The van der Waals surface area contributed by atoms with Gasteiger partial charge in [-0.15, -0.1) is 0 Å². The lowest BCUT2D eigenvalue weighted by atomic mass is 10.1. The SMILES string of the molecule is CCc1ccc(Nc2ncc3nc(Nc4ccccc4F)n(C(CC)CO)c3n2)cc1. The minimum absolute atomic E-state index is 0.0981. The van der Waals surface area contributed by atoms with Gasteiger partial charge in [-0.2, -0.15) is 4.98 Å². The van der Waals surface area contributed by atoms with Gasteiger partial charge in [0.05, 0.1) is 24.5 Å². The fourth-order valence-corrected chi connectivity index (χ4v) is 3.41. The number of rotatable bonds is 8. The molecule has 0 aliphatic carbocycles. The number of anilines is 4. The minimum atomic E-state index is -0.387. The monoisotopic (exact) mass is 420 g/mol. The smallest absolute Gasteiger partial charge is 0.229 e. The average Bonchev–Trinajstić information content (AvgIpc) is 3.14. The van der Waals surface area contributed by atoms with E-state index >= 15 is 0 Å². The second-order valence-corrected chi connectivity index (χ2v) is 7.23. The molecule has 0 amide bonds. The Balaban J connectivity index is 1.74. The zero-order valence-corrected chi connectivity index (χ0v) is 17.5. The molecular weight excluding hydrogens is 395 g/mol. The van der Waals surface area contributed by atoms with E-state index in [4.69, 9.17) is 0 Å². The first-order valence-electron chi connectivity index (χ1n) is 10.4. The Hall–Kier alpha value is -3.52. The van der Waals surface area contributed by atoms with Crippen LogP contribution in [0.1, 0.15) is 31.9 Å². The number of hydrogen-bond acceptors (Lipinski definition) is 6. The molecule has 0 saturated heterocycles. The second-order valence-electron chi connectivity index (χ2n) is 7.23. The molecule has 2 heterocycles. The highest BCUT2D eigenvalue weighted by atomic mass is 19.1. The van der Waals surface area contributed by atoms with Gasteiger partial charge in [-0.3, -0.25) is 4.57 Å². The number of para-hydroxylation sites is 1. The number of aliphatic hydroxyl groups is 1. The van der Waals surface area contributed by atoms with Crippen LogP contribution in [0.15, 0.2) is 54.7 Å². The van der Waals surface area contributed by atoms with Crippen molar-refractivity contribution in [1.29, 1.82) is 0 Å². The van der Waals surface area contributed by atoms with E-state index in [0.717, 1.165) is 12.1 Å². The van der Waals surface area contributed by atoms with E-state index < -0.39 is 0 Å². The van der Waals surface area contributed by atoms with Gasteiger partial charge in [0.15, 0.2) is 5.65 Å². The molecule has 0 radical (unpaired) electrons. The molecular formula is C23H25FN6O. The molecule has 3 N–H and O–H groups in total. The molecule has 0 fully saturated rings. The molecule has 160 valence electrons. The highest BCUT2D eigenvalue weighted by Crippen LogP contribution is 2.29. The summed E-state index contributed by atoms with van der Waals surface area (Å²) < 4.78 is 16.0. The summed E-state index contributed by atoms with van der Waals surface area (Å²) in [4.78, 5) is 13.6. The highest BCUT2D eigenvalue weighted by Gasteiger charge is 2.20. The number of nitrogens with one attached hydrogen (secondary N) is 2. The van der Waals surface area contributed by atoms with Gasteiger partial charge in [0.25, 0.3) is 0 Å². The number of hydrogen-bond donors (Lipinski definition) is 3. The lowest BCUT2D eigenvalue weighted by Crippen LogP contribution is -2.15. The van der Waals surface area contributed by atoms with Gasteiger partial charge in [0, 0.05) is 5.69 Å². The van der Waals surface area contributed by atoms with E-state index in [2.05, 4.69) is 44.6 Å². The fraction of sp³-hybridized carbons (Fsp3) is 0.261. The Labute approximate surface area is 180 Å². The van der Waals surface area contributed by atoms with Gasteiger partial charge in [0.2, 0.25) is 11.9 Å². The molecule has 7 nitrogen and oxygen atoms in total. The quantitative estimate of drug-likeness (QED) is 0.373. The molecule has 0 saturated carbocycles. The summed E-state index contributed by atoms with van der Waals surface area (Å²) in [5, 5.41) is 16.2. The van der Waals surface area contributed by atoms with Crippen molar-refractivity contribution in [2.75, 3.05) is 17.2 Å². The largest absolute Gasteiger partial charge is 0.394 e. The lowest BCUT2D eigenvalue weighted by Gasteiger charge is -2.18. The highest BCUT2D eigenvalue weighted by molar-refractivity contribution is 5.77. The lowest BCUT2D eigenvalue weighted by molar-refractivity contribution is 0.228. The number of halogens is 1. The summed E-state index contributed by atoms with van der Waals surface area (Å²) in [5.41, 5.74) is 3.54. The van der Waals surface area contributed by atoms with Gasteiger partial charge >= 0.3 is 0 Å². The van der Waals surface area contributed by atoms with Crippen molar-refractivity contribution in [2.24, 2.45) is 0 Å². The first-order chi connectivity index (χ1) is 15.1. The maximum Gasteiger partial charge on any atom is 0.229 e. The van der Waals surface area contributed by atoms with E-state index in [-0.39, 0.29) is 18.5 Å². The van der Waals surface area contributed by atoms with Gasteiger partial charge in [-0.1, -0.05) is 38.1 Å². The van der Waals surface area contributed by atoms with Crippen molar-refractivity contribution in [1.82, 2.24) is 19.5 Å². The molecule has 0 bridgehead atoms. The first kappa shape index (κ1) is 20.7. The van der Waals surface area contributed by atoms with E-state index in [1.807, 2.05) is 19.1 Å². The third-order valence-corrected chi connectivity index (χ3v) is 5.22. The Kier molecular flexibility index (Phi) is 6.08. The molecule has 31 heavy (non-hydrogen) atoms. The Morgan fingerprint density at radius 1 is 1.03 bits per heavy atom. The molecule has 0 aliphatic heterocycles. The summed E-state index contributed by atoms with van der Waals surface area (Å²) in [5.74, 6) is 0.435. The molecule has 0 aliphatic rings. The molecule has 2 aromatic carbocycles.